The zero-order valence-corrected chi connectivity index (χ0v) is 25.6. The zero-order chi connectivity index (χ0) is 28.8. The van der Waals surface area contributed by atoms with Crippen LogP contribution >= 0.6 is 0 Å². The number of nitrogens with zero attached hydrogens (tertiary/aromatic N) is 2. The number of aliphatic imine (C=N–C) groups is 1. The molecule has 7 nitrogen and oxygen atoms in total. The number of amides is 3. The lowest BCUT2D eigenvalue weighted by Crippen LogP contribution is -2.56. The minimum absolute atomic E-state index is 0.0182. The van der Waals surface area contributed by atoms with Gasteiger partial charge in [-0.15, -0.1) is 0 Å². The number of nitrogens with two attached hydrogens (primary N) is 1. The van der Waals surface area contributed by atoms with Crippen molar-refractivity contribution in [1.82, 2.24) is 10.2 Å². The van der Waals surface area contributed by atoms with Gasteiger partial charge in [-0.1, -0.05) is 65.7 Å². The Kier molecular flexibility index (Phi) is 10.7. The third-order valence-electron chi connectivity index (χ3n) is 10.2. The Labute approximate surface area is 242 Å². The van der Waals surface area contributed by atoms with Crippen LogP contribution in [0.15, 0.2) is 4.99 Å². The number of carbonyl (C=O) groups excluding carboxylic acids is 3. The van der Waals surface area contributed by atoms with E-state index in [-0.39, 0.29) is 47.2 Å². The van der Waals surface area contributed by atoms with Crippen molar-refractivity contribution in [3.63, 3.8) is 0 Å². The molecule has 3 N–H and O–H groups in total. The van der Waals surface area contributed by atoms with Gasteiger partial charge in [-0.3, -0.25) is 19.4 Å². The van der Waals surface area contributed by atoms with Crippen LogP contribution in [0.2, 0.25) is 0 Å². The topological polar surface area (TPSA) is 105 Å². The first-order chi connectivity index (χ1) is 19.1. The van der Waals surface area contributed by atoms with Gasteiger partial charge >= 0.3 is 0 Å². The molecule has 7 heteroatoms. The van der Waals surface area contributed by atoms with Crippen molar-refractivity contribution in [2.45, 2.75) is 154 Å². The third-order valence-corrected chi connectivity index (χ3v) is 10.2. The van der Waals surface area contributed by atoms with Crippen LogP contribution in [-0.2, 0) is 14.4 Å². The van der Waals surface area contributed by atoms with E-state index in [4.69, 9.17) is 10.7 Å². The van der Waals surface area contributed by atoms with E-state index >= 15 is 0 Å². The van der Waals surface area contributed by atoms with Gasteiger partial charge in [0, 0.05) is 24.9 Å². The van der Waals surface area contributed by atoms with E-state index in [9.17, 15) is 14.4 Å². The second kappa shape index (κ2) is 13.8. The minimum Gasteiger partial charge on any atom is -0.370 e. The molecule has 0 aromatic rings. The molecule has 3 saturated carbocycles. The highest BCUT2D eigenvalue weighted by Gasteiger charge is 2.52. The summed E-state index contributed by atoms with van der Waals surface area (Å²) in [6.45, 7) is 7.23. The molecular formula is C33H56N4O3. The molecular weight excluding hydrogens is 500 g/mol. The molecule has 40 heavy (non-hydrogen) atoms. The predicted molar refractivity (Wildman–Crippen MR) is 161 cm³/mol. The standard InChI is InChI=1S/C33H56N4O3/c1-32(2,3)19-10-13-28(25-14-16-26(17-15-25)30(39)35-22-18-29(34)38)37-31(40)27(23-24-11-6-4-7-12-24)36-33(37)20-8-5-9-21-33/h24-26,28H,4-23H2,1-3H3,(H2,34,38)(H,35,39). The fourth-order valence-electron chi connectivity index (χ4n) is 8.05. The molecule has 0 saturated heterocycles. The summed E-state index contributed by atoms with van der Waals surface area (Å²) in [4.78, 5) is 45.9. The summed E-state index contributed by atoms with van der Waals surface area (Å²) >= 11 is 0. The number of rotatable bonds is 11. The van der Waals surface area contributed by atoms with E-state index in [1.807, 2.05) is 0 Å². The maximum atomic E-state index is 14.3. The van der Waals surface area contributed by atoms with Crippen molar-refractivity contribution in [3.8, 4) is 0 Å². The monoisotopic (exact) mass is 556 g/mol. The molecule has 1 aliphatic heterocycles. The van der Waals surface area contributed by atoms with Crippen molar-refractivity contribution in [2.24, 2.45) is 33.9 Å². The van der Waals surface area contributed by atoms with Crippen LogP contribution in [0.1, 0.15) is 143 Å². The Balaban J connectivity index is 1.50. The Morgan fingerprint density at radius 2 is 1.65 bits per heavy atom. The SMILES string of the molecule is CC(C)(C)CCCC(C1CCC(C(=O)NCCC(N)=O)CC1)N1C(=O)C(CC2CCCCC2)=NC12CCCCC2. The first-order valence-electron chi connectivity index (χ1n) is 16.6. The average molecular weight is 557 g/mol. The van der Waals surface area contributed by atoms with E-state index in [1.54, 1.807) is 0 Å². The van der Waals surface area contributed by atoms with Crippen molar-refractivity contribution in [3.05, 3.63) is 0 Å². The van der Waals surface area contributed by atoms with Gasteiger partial charge < -0.3 is 16.0 Å². The molecule has 0 aromatic heterocycles. The summed E-state index contributed by atoms with van der Waals surface area (Å²) in [5.41, 5.74) is 6.04. The molecule has 226 valence electrons. The van der Waals surface area contributed by atoms with Gasteiger partial charge in [-0.05, 0) is 87.9 Å². The minimum atomic E-state index is -0.390. The van der Waals surface area contributed by atoms with Crippen LogP contribution in [0, 0.1) is 23.2 Å². The second-order valence-corrected chi connectivity index (χ2v) is 14.6. The van der Waals surface area contributed by atoms with Crippen molar-refractivity contribution >= 4 is 23.4 Å². The van der Waals surface area contributed by atoms with E-state index in [2.05, 4.69) is 31.0 Å². The van der Waals surface area contributed by atoms with Crippen LogP contribution < -0.4 is 11.1 Å². The van der Waals surface area contributed by atoms with E-state index < -0.39 is 0 Å². The molecule has 1 atom stereocenters. The highest BCUT2D eigenvalue weighted by molar-refractivity contribution is 6.40. The molecule has 0 radical (unpaired) electrons. The van der Waals surface area contributed by atoms with Crippen LogP contribution in [0.5, 0.6) is 0 Å². The van der Waals surface area contributed by atoms with E-state index in [0.29, 0.717) is 18.4 Å². The molecule has 4 rings (SSSR count). The largest absolute Gasteiger partial charge is 0.370 e. The molecule has 1 spiro atoms. The van der Waals surface area contributed by atoms with Crippen molar-refractivity contribution in [1.29, 1.82) is 0 Å². The number of primary amides is 1. The lowest BCUT2D eigenvalue weighted by Gasteiger charge is -2.47. The summed E-state index contributed by atoms with van der Waals surface area (Å²) in [5.74, 6) is 0.888. The van der Waals surface area contributed by atoms with Crippen LogP contribution in [0.25, 0.3) is 0 Å². The summed E-state index contributed by atoms with van der Waals surface area (Å²) in [5, 5.41) is 2.91. The molecule has 1 unspecified atom stereocenters. The number of carbonyl (C=O) groups is 3. The summed E-state index contributed by atoms with van der Waals surface area (Å²) in [6, 6.07) is 0.194. The van der Waals surface area contributed by atoms with Gasteiger partial charge in [0.1, 0.15) is 11.4 Å². The van der Waals surface area contributed by atoms with Crippen LogP contribution in [0.4, 0.5) is 0 Å². The normalized spacial score (nSPS) is 26.5. The Hall–Kier alpha value is -1.92. The first-order valence-corrected chi connectivity index (χ1v) is 16.6. The van der Waals surface area contributed by atoms with Gasteiger partial charge in [0.15, 0.2) is 0 Å². The Morgan fingerprint density at radius 3 is 2.27 bits per heavy atom. The lowest BCUT2D eigenvalue weighted by atomic mass is 9.74. The predicted octanol–water partition coefficient (Wildman–Crippen LogP) is 6.28. The highest BCUT2D eigenvalue weighted by atomic mass is 16.2. The highest BCUT2D eigenvalue weighted by Crippen LogP contribution is 2.46. The van der Waals surface area contributed by atoms with Crippen LogP contribution in [0.3, 0.4) is 0 Å². The summed E-state index contributed by atoms with van der Waals surface area (Å²) in [6.07, 6.45) is 19.8. The van der Waals surface area contributed by atoms with Gasteiger partial charge in [0.2, 0.25) is 11.8 Å². The van der Waals surface area contributed by atoms with E-state index in [0.717, 1.165) is 82.8 Å². The van der Waals surface area contributed by atoms with Crippen molar-refractivity contribution < 1.29 is 14.4 Å². The quantitative estimate of drug-likeness (QED) is 0.313. The zero-order valence-electron chi connectivity index (χ0n) is 25.6. The molecule has 3 amide bonds. The first kappa shape index (κ1) is 31.0. The summed E-state index contributed by atoms with van der Waals surface area (Å²) in [7, 11) is 0. The smallest absolute Gasteiger partial charge is 0.270 e. The Morgan fingerprint density at radius 1 is 1.00 bits per heavy atom. The fourth-order valence-corrected chi connectivity index (χ4v) is 8.05. The maximum absolute atomic E-state index is 14.3. The van der Waals surface area contributed by atoms with Crippen molar-refractivity contribution in [2.75, 3.05) is 6.54 Å². The molecule has 4 aliphatic rings. The van der Waals surface area contributed by atoms with Crippen LogP contribution in [-0.4, -0.2) is 46.6 Å². The average Bonchev–Trinajstić information content (AvgIpc) is 3.16. The second-order valence-electron chi connectivity index (χ2n) is 14.6. The lowest BCUT2D eigenvalue weighted by molar-refractivity contribution is -0.136. The van der Waals surface area contributed by atoms with Gasteiger partial charge in [0.25, 0.3) is 5.91 Å². The molecule has 3 aliphatic carbocycles. The maximum Gasteiger partial charge on any atom is 0.270 e. The molecule has 0 aromatic carbocycles. The molecule has 1 heterocycles. The molecule has 0 bridgehead atoms. The summed E-state index contributed by atoms with van der Waals surface area (Å²) < 4.78 is 0. The van der Waals surface area contributed by atoms with Gasteiger partial charge in [-0.25, -0.2) is 0 Å². The Bertz CT molecular complexity index is 903. The fraction of sp³-hybridized carbons (Fsp3) is 0.879. The number of nitrogens with one attached hydrogen (secondary N) is 1. The number of hydrogen-bond acceptors (Lipinski definition) is 4. The molecule has 3 fully saturated rings. The number of hydrogen-bond donors (Lipinski definition) is 2. The third kappa shape index (κ3) is 8.09. The van der Waals surface area contributed by atoms with E-state index in [1.165, 1.54) is 38.5 Å². The van der Waals surface area contributed by atoms with Gasteiger partial charge in [-0.2, -0.15) is 0 Å². The van der Waals surface area contributed by atoms with Gasteiger partial charge in [0.05, 0.1) is 0 Å².